The Labute approximate surface area is 153 Å². The molecule has 0 aliphatic heterocycles. The van der Waals surface area contributed by atoms with Crippen molar-refractivity contribution in [3.63, 3.8) is 0 Å². The van der Waals surface area contributed by atoms with E-state index < -0.39 is 0 Å². The predicted molar refractivity (Wildman–Crippen MR) is 107 cm³/mol. The molecule has 0 saturated carbocycles. The highest BCUT2D eigenvalue weighted by Gasteiger charge is 2.09. The lowest BCUT2D eigenvalue weighted by Gasteiger charge is -2.25. The van der Waals surface area contributed by atoms with Gasteiger partial charge in [0.15, 0.2) is 5.96 Å². The molecule has 0 radical (unpaired) electrons. The molecule has 1 atom stereocenters. The summed E-state index contributed by atoms with van der Waals surface area (Å²) in [6.45, 7) is 9.92. The highest BCUT2D eigenvalue weighted by Crippen LogP contribution is 2.07. The van der Waals surface area contributed by atoms with Gasteiger partial charge in [0.2, 0.25) is 0 Å². The molecule has 0 aliphatic carbocycles. The Morgan fingerprint density at radius 1 is 1.12 bits per heavy atom. The fourth-order valence-electron chi connectivity index (χ4n) is 2.47. The number of guanidine groups is 1. The third-order valence-corrected chi connectivity index (χ3v) is 4.17. The summed E-state index contributed by atoms with van der Waals surface area (Å²) in [6, 6.07) is 11.1. The van der Waals surface area contributed by atoms with Crippen LogP contribution in [0.4, 0.5) is 0 Å². The molecule has 5 nitrogen and oxygen atoms in total. The van der Waals surface area contributed by atoms with Gasteiger partial charge >= 0.3 is 0 Å². The molecule has 0 spiro atoms. The minimum Gasteiger partial charge on any atom is -0.379 e. The second kappa shape index (κ2) is 12.7. The molecule has 0 amide bonds. The van der Waals surface area contributed by atoms with Gasteiger partial charge in [0.05, 0.1) is 6.10 Å². The summed E-state index contributed by atoms with van der Waals surface area (Å²) >= 11 is 0. The van der Waals surface area contributed by atoms with E-state index in [1.807, 2.05) is 7.05 Å². The topological polar surface area (TPSA) is 48.9 Å². The largest absolute Gasteiger partial charge is 0.379 e. The van der Waals surface area contributed by atoms with Crippen LogP contribution in [0.15, 0.2) is 35.3 Å². The van der Waals surface area contributed by atoms with Gasteiger partial charge < -0.3 is 15.4 Å². The van der Waals surface area contributed by atoms with E-state index in [0.717, 1.165) is 45.0 Å². The standard InChI is InChI=1S/C20H36N4O/c1-17(2)25-15-9-13-22-20(21-4)23-14-12-18(3)24(5)16-19-10-7-6-8-11-19/h6-8,10-11,17-18H,9,12-16H2,1-5H3,(H2,21,22,23). The molecule has 142 valence electrons. The van der Waals surface area contributed by atoms with E-state index in [2.05, 4.69) is 78.7 Å². The molecular formula is C20H36N4O. The Hall–Kier alpha value is -1.59. The third-order valence-electron chi connectivity index (χ3n) is 4.17. The third kappa shape index (κ3) is 10.1. The van der Waals surface area contributed by atoms with Crippen molar-refractivity contribution >= 4 is 5.96 Å². The van der Waals surface area contributed by atoms with Crippen LogP contribution in [0.1, 0.15) is 39.2 Å². The number of rotatable bonds is 11. The first kappa shape index (κ1) is 21.5. The lowest BCUT2D eigenvalue weighted by Crippen LogP contribution is -2.40. The molecule has 25 heavy (non-hydrogen) atoms. The molecule has 0 aliphatic rings. The number of nitrogens with zero attached hydrogens (tertiary/aromatic N) is 2. The van der Waals surface area contributed by atoms with Crippen molar-refractivity contribution in [1.82, 2.24) is 15.5 Å². The molecule has 0 saturated heterocycles. The first-order valence-electron chi connectivity index (χ1n) is 9.33. The molecule has 1 aromatic rings. The van der Waals surface area contributed by atoms with E-state index in [0.29, 0.717) is 12.1 Å². The quantitative estimate of drug-likeness (QED) is 0.367. The molecular weight excluding hydrogens is 312 g/mol. The van der Waals surface area contributed by atoms with E-state index >= 15 is 0 Å². The minimum absolute atomic E-state index is 0.298. The molecule has 1 rings (SSSR count). The molecule has 2 N–H and O–H groups in total. The molecule has 0 aromatic heterocycles. The van der Waals surface area contributed by atoms with E-state index in [9.17, 15) is 0 Å². The summed E-state index contributed by atoms with van der Waals surface area (Å²) < 4.78 is 5.54. The van der Waals surface area contributed by atoms with Gasteiger partial charge in [-0.25, -0.2) is 0 Å². The predicted octanol–water partition coefficient (Wildman–Crippen LogP) is 2.88. The monoisotopic (exact) mass is 348 g/mol. The maximum absolute atomic E-state index is 5.54. The highest BCUT2D eigenvalue weighted by molar-refractivity contribution is 5.79. The number of ether oxygens (including phenoxy) is 1. The molecule has 0 fully saturated rings. The smallest absolute Gasteiger partial charge is 0.190 e. The Morgan fingerprint density at radius 3 is 2.44 bits per heavy atom. The van der Waals surface area contributed by atoms with E-state index in [1.54, 1.807) is 0 Å². The van der Waals surface area contributed by atoms with Gasteiger partial charge in [-0.05, 0) is 46.2 Å². The average Bonchev–Trinajstić information content (AvgIpc) is 2.60. The summed E-state index contributed by atoms with van der Waals surface area (Å²) in [4.78, 5) is 6.66. The van der Waals surface area contributed by atoms with Crippen molar-refractivity contribution in [3.8, 4) is 0 Å². The molecule has 0 bridgehead atoms. The fraction of sp³-hybridized carbons (Fsp3) is 0.650. The van der Waals surface area contributed by atoms with Gasteiger partial charge in [-0.3, -0.25) is 9.89 Å². The van der Waals surface area contributed by atoms with E-state index in [1.165, 1.54) is 5.56 Å². The number of hydrogen-bond donors (Lipinski definition) is 2. The van der Waals surface area contributed by atoms with Gasteiger partial charge in [-0.2, -0.15) is 0 Å². The first-order chi connectivity index (χ1) is 12.0. The Balaban J connectivity index is 2.18. The van der Waals surface area contributed by atoms with Gasteiger partial charge in [0, 0.05) is 39.3 Å². The zero-order chi connectivity index (χ0) is 18.5. The Kier molecular flexibility index (Phi) is 10.9. The van der Waals surface area contributed by atoms with Crippen LogP contribution in [-0.4, -0.2) is 56.8 Å². The molecule has 0 heterocycles. The SMILES string of the molecule is CN=C(NCCCOC(C)C)NCCC(C)N(C)Cc1ccccc1. The summed E-state index contributed by atoms with van der Waals surface area (Å²) in [5.74, 6) is 0.863. The van der Waals surface area contributed by atoms with Crippen molar-refractivity contribution in [1.29, 1.82) is 0 Å². The van der Waals surface area contributed by atoms with Crippen molar-refractivity contribution in [2.24, 2.45) is 4.99 Å². The zero-order valence-corrected chi connectivity index (χ0v) is 16.6. The summed E-state index contributed by atoms with van der Waals surface area (Å²) in [6.07, 6.45) is 2.35. The van der Waals surface area contributed by atoms with Crippen LogP contribution in [0.5, 0.6) is 0 Å². The van der Waals surface area contributed by atoms with Crippen LogP contribution in [0, 0.1) is 0 Å². The van der Waals surface area contributed by atoms with Crippen LogP contribution in [0.2, 0.25) is 0 Å². The van der Waals surface area contributed by atoms with Gasteiger partial charge in [-0.15, -0.1) is 0 Å². The van der Waals surface area contributed by atoms with Gasteiger partial charge in [0.1, 0.15) is 0 Å². The van der Waals surface area contributed by atoms with E-state index in [-0.39, 0.29) is 0 Å². The number of nitrogens with one attached hydrogen (secondary N) is 2. The second-order valence-corrected chi connectivity index (χ2v) is 6.74. The zero-order valence-electron chi connectivity index (χ0n) is 16.6. The van der Waals surface area contributed by atoms with Crippen LogP contribution in [0.25, 0.3) is 0 Å². The lowest BCUT2D eigenvalue weighted by molar-refractivity contribution is 0.0776. The van der Waals surface area contributed by atoms with Crippen molar-refractivity contribution in [3.05, 3.63) is 35.9 Å². The van der Waals surface area contributed by atoms with Crippen molar-refractivity contribution in [2.45, 2.75) is 52.3 Å². The average molecular weight is 349 g/mol. The van der Waals surface area contributed by atoms with Crippen LogP contribution < -0.4 is 10.6 Å². The van der Waals surface area contributed by atoms with Crippen LogP contribution in [-0.2, 0) is 11.3 Å². The number of aliphatic imine (C=N–C) groups is 1. The van der Waals surface area contributed by atoms with Gasteiger partial charge in [0.25, 0.3) is 0 Å². The van der Waals surface area contributed by atoms with Crippen molar-refractivity contribution < 1.29 is 4.74 Å². The minimum atomic E-state index is 0.298. The van der Waals surface area contributed by atoms with E-state index in [4.69, 9.17) is 4.74 Å². The summed E-state index contributed by atoms with van der Waals surface area (Å²) in [5.41, 5.74) is 1.35. The van der Waals surface area contributed by atoms with Crippen molar-refractivity contribution in [2.75, 3.05) is 33.8 Å². The highest BCUT2D eigenvalue weighted by atomic mass is 16.5. The molecule has 1 unspecified atom stereocenters. The number of hydrogen-bond acceptors (Lipinski definition) is 3. The maximum atomic E-state index is 5.54. The number of benzene rings is 1. The lowest BCUT2D eigenvalue weighted by atomic mass is 10.1. The molecule has 5 heteroatoms. The molecule has 1 aromatic carbocycles. The normalized spacial score (nSPS) is 13.3. The summed E-state index contributed by atoms with van der Waals surface area (Å²) in [5, 5.41) is 6.72. The van der Waals surface area contributed by atoms with Gasteiger partial charge in [-0.1, -0.05) is 30.3 Å². The van der Waals surface area contributed by atoms with Crippen LogP contribution in [0.3, 0.4) is 0 Å². The second-order valence-electron chi connectivity index (χ2n) is 6.74. The first-order valence-corrected chi connectivity index (χ1v) is 9.33. The maximum Gasteiger partial charge on any atom is 0.190 e. The Bertz CT molecular complexity index is 476. The van der Waals surface area contributed by atoms with Crippen LogP contribution >= 0.6 is 0 Å². The summed E-state index contributed by atoms with van der Waals surface area (Å²) in [7, 11) is 3.99. The fourth-order valence-corrected chi connectivity index (χ4v) is 2.47. The Morgan fingerprint density at radius 2 is 1.80 bits per heavy atom.